The Morgan fingerprint density at radius 3 is 2.48 bits per heavy atom. The van der Waals surface area contributed by atoms with Gasteiger partial charge in [-0.2, -0.15) is 0 Å². The molecule has 0 heterocycles. The second kappa shape index (κ2) is 9.44. The Morgan fingerprint density at radius 2 is 1.80 bits per heavy atom. The maximum atomic E-state index is 11.9. The van der Waals surface area contributed by atoms with Crippen molar-refractivity contribution >= 4 is 45.2 Å². The molecule has 0 aromatic heterocycles. The van der Waals surface area contributed by atoms with Gasteiger partial charge in [0.15, 0.2) is 0 Å². The van der Waals surface area contributed by atoms with E-state index in [1.54, 1.807) is 0 Å². The smallest absolute Gasteiger partial charge is 0.315 e. The number of hydrogen-bond donors (Lipinski definition) is 3. The second-order valence-electron chi connectivity index (χ2n) is 5.49. The summed E-state index contributed by atoms with van der Waals surface area (Å²) in [7, 11) is 0. The Hall–Kier alpha value is -2.05. The molecule has 7 heteroatoms. The van der Waals surface area contributed by atoms with Gasteiger partial charge in [-0.3, -0.25) is 4.79 Å². The van der Waals surface area contributed by atoms with Crippen LogP contribution in [0.25, 0.3) is 0 Å². The topological polar surface area (TPSA) is 70.2 Å². The van der Waals surface area contributed by atoms with E-state index in [-0.39, 0.29) is 18.5 Å². The van der Waals surface area contributed by atoms with Crippen LogP contribution in [0.15, 0.2) is 46.9 Å². The number of anilines is 1. The largest absolute Gasteiger partial charge is 0.338 e. The Balaban J connectivity index is 1.68. The molecule has 0 radical (unpaired) electrons. The third-order valence-electron chi connectivity index (χ3n) is 3.48. The van der Waals surface area contributed by atoms with E-state index in [2.05, 4.69) is 31.9 Å². The van der Waals surface area contributed by atoms with Crippen molar-refractivity contribution in [3.8, 4) is 0 Å². The first-order valence-corrected chi connectivity index (χ1v) is 8.93. The van der Waals surface area contributed by atoms with Crippen molar-refractivity contribution in [2.24, 2.45) is 0 Å². The van der Waals surface area contributed by atoms with Gasteiger partial charge in [-0.05, 0) is 54.8 Å². The van der Waals surface area contributed by atoms with Crippen molar-refractivity contribution in [3.63, 3.8) is 0 Å². The van der Waals surface area contributed by atoms with Crippen LogP contribution in [0.5, 0.6) is 0 Å². The van der Waals surface area contributed by atoms with Crippen LogP contribution in [0.3, 0.4) is 0 Å². The number of urea groups is 1. The van der Waals surface area contributed by atoms with Gasteiger partial charge in [0.1, 0.15) is 0 Å². The maximum Gasteiger partial charge on any atom is 0.315 e. The van der Waals surface area contributed by atoms with Crippen LogP contribution in [0.2, 0.25) is 5.02 Å². The average Bonchev–Trinajstić information content (AvgIpc) is 2.57. The number of rotatable bonds is 6. The average molecular weight is 425 g/mol. The zero-order valence-corrected chi connectivity index (χ0v) is 16.1. The number of carbonyl (C=O) groups excluding carboxylic acids is 2. The van der Waals surface area contributed by atoms with Gasteiger partial charge < -0.3 is 16.0 Å². The van der Waals surface area contributed by atoms with E-state index < -0.39 is 0 Å². The molecule has 0 aliphatic rings. The first kappa shape index (κ1) is 19.3. The number of amides is 3. The van der Waals surface area contributed by atoms with Gasteiger partial charge >= 0.3 is 6.03 Å². The van der Waals surface area contributed by atoms with E-state index >= 15 is 0 Å². The highest BCUT2D eigenvalue weighted by Gasteiger charge is 2.07. The van der Waals surface area contributed by atoms with E-state index in [9.17, 15) is 9.59 Å². The predicted molar refractivity (Wildman–Crippen MR) is 104 cm³/mol. The summed E-state index contributed by atoms with van der Waals surface area (Å²) < 4.78 is 0.946. The molecule has 2 aromatic carbocycles. The lowest BCUT2D eigenvalue weighted by atomic mass is 10.1. The van der Waals surface area contributed by atoms with Gasteiger partial charge in [0.2, 0.25) is 5.91 Å². The highest BCUT2D eigenvalue weighted by Crippen LogP contribution is 2.19. The lowest BCUT2D eigenvalue weighted by Gasteiger charge is -2.10. The predicted octanol–water partition coefficient (Wildman–Crippen LogP) is 3.89. The number of nitrogens with one attached hydrogen (secondary N) is 3. The zero-order valence-electron chi connectivity index (χ0n) is 13.7. The van der Waals surface area contributed by atoms with Gasteiger partial charge in [-0.25, -0.2) is 4.79 Å². The van der Waals surface area contributed by atoms with Gasteiger partial charge in [0, 0.05) is 21.7 Å². The summed E-state index contributed by atoms with van der Waals surface area (Å²) in [6.45, 7) is 2.28. The Labute approximate surface area is 160 Å². The minimum atomic E-state index is -0.378. The third kappa shape index (κ3) is 6.76. The number of carbonyl (C=O) groups is 2. The quantitative estimate of drug-likeness (QED) is 0.658. The van der Waals surface area contributed by atoms with E-state index in [0.29, 0.717) is 18.0 Å². The minimum Gasteiger partial charge on any atom is -0.338 e. The Kier molecular flexibility index (Phi) is 7.28. The zero-order chi connectivity index (χ0) is 18.2. The Bertz CT molecular complexity index is 750. The lowest BCUT2D eigenvalue weighted by Crippen LogP contribution is -2.40. The standard InChI is InChI=1S/C18H19BrClN3O2/c1-12-10-14(19)4-7-16(12)23-17(24)11-22-18(25)21-9-8-13-2-5-15(20)6-3-13/h2-7,10H,8-9,11H2,1H3,(H,23,24)(H2,21,22,25). The molecule has 3 amide bonds. The van der Waals surface area contributed by atoms with E-state index in [4.69, 9.17) is 11.6 Å². The van der Waals surface area contributed by atoms with Crippen LogP contribution >= 0.6 is 27.5 Å². The summed E-state index contributed by atoms with van der Waals surface area (Å²) in [5.41, 5.74) is 2.74. The summed E-state index contributed by atoms with van der Waals surface area (Å²) in [5, 5.41) is 8.70. The molecule has 2 rings (SSSR count). The summed E-state index contributed by atoms with van der Waals surface area (Å²) in [6.07, 6.45) is 0.689. The minimum absolute atomic E-state index is 0.0950. The molecule has 0 unspecified atom stereocenters. The summed E-state index contributed by atoms with van der Waals surface area (Å²) in [6, 6.07) is 12.6. The molecule has 0 aliphatic carbocycles. The van der Waals surface area contributed by atoms with Crippen molar-refractivity contribution in [1.82, 2.24) is 10.6 Å². The van der Waals surface area contributed by atoms with Crippen molar-refractivity contribution in [3.05, 3.63) is 63.1 Å². The number of hydrogen-bond acceptors (Lipinski definition) is 2. The molecule has 0 spiro atoms. The van der Waals surface area contributed by atoms with Crippen LogP contribution in [0.4, 0.5) is 10.5 Å². The Morgan fingerprint density at radius 1 is 1.08 bits per heavy atom. The summed E-state index contributed by atoms with van der Waals surface area (Å²) >= 11 is 9.19. The van der Waals surface area contributed by atoms with Crippen LogP contribution in [0.1, 0.15) is 11.1 Å². The molecule has 2 aromatic rings. The van der Waals surface area contributed by atoms with E-state index in [1.165, 1.54) is 0 Å². The van der Waals surface area contributed by atoms with Gasteiger partial charge in [0.25, 0.3) is 0 Å². The number of aryl methyl sites for hydroxylation is 1. The fraction of sp³-hybridized carbons (Fsp3) is 0.222. The fourth-order valence-electron chi connectivity index (χ4n) is 2.16. The lowest BCUT2D eigenvalue weighted by molar-refractivity contribution is -0.115. The van der Waals surface area contributed by atoms with Crippen molar-refractivity contribution in [2.75, 3.05) is 18.4 Å². The number of halogens is 2. The molecule has 0 saturated heterocycles. The molecule has 0 bridgehead atoms. The molecule has 5 nitrogen and oxygen atoms in total. The van der Waals surface area contributed by atoms with Crippen molar-refractivity contribution < 1.29 is 9.59 Å². The maximum absolute atomic E-state index is 11.9. The number of benzene rings is 2. The summed E-state index contributed by atoms with van der Waals surface area (Å²) in [5.74, 6) is -0.279. The highest BCUT2D eigenvalue weighted by molar-refractivity contribution is 9.10. The van der Waals surface area contributed by atoms with Gasteiger partial charge in [-0.15, -0.1) is 0 Å². The molecule has 132 valence electrons. The molecule has 0 fully saturated rings. The van der Waals surface area contributed by atoms with Crippen LogP contribution in [-0.2, 0) is 11.2 Å². The van der Waals surface area contributed by atoms with Crippen molar-refractivity contribution in [2.45, 2.75) is 13.3 Å². The van der Waals surface area contributed by atoms with Crippen LogP contribution < -0.4 is 16.0 Å². The SMILES string of the molecule is Cc1cc(Br)ccc1NC(=O)CNC(=O)NCCc1ccc(Cl)cc1. The molecule has 25 heavy (non-hydrogen) atoms. The first-order valence-electron chi connectivity index (χ1n) is 7.76. The third-order valence-corrected chi connectivity index (χ3v) is 4.23. The molecule has 0 aliphatic heterocycles. The second-order valence-corrected chi connectivity index (χ2v) is 6.85. The molecule has 3 N–H and O–H groups in total. The van der Waals surface area contributed by atoms with E-state index in [0.717, 1.165) is 21.3 Å². The molecular weight excluding hydrogens is 406 g/mol. The highest BCUT2D eigenvalue weighted by atomic mass is 79.9. The first-order chi connectivity index (χ1) is 11.9. The van der Waals surface area contributed by atoms with Crippen molar-refractivity contribution in [1.29, 1.82) is 0 Å². The van der Waals surface area contributed by atoms with Gasteiger partial charge in [-0.1, -0.05) is 39.7 Å². The fourth-order valence-corrected chi connectivity index (χ4v) is 2.76. The molecular formula is C18H19BrClN3O2. The summed E-state index contributed by atoms with van der Waals surface area (Å²) in [4.78, 5) is 23.6. The normalized spacial score (nSPS) is 10.2. The molecule has 0 saturated carbocycles. The molecule has 0 atom stereocenters. The van der Waals surface area contributed by atoms with E-state index in [1.807, 2.05) is 49.4 Å². The van der Waals surface area contributed by atoms with Crippen LogP contribution in [0, 0.1) is 6.92 Å². The van der Waals surface area contributed by atoms with Gasteiger partial charge in [0.05, 0.1) is 6.54 Å². The van der Waals surface area contributed by atoms with Crippen LogP contribution in [-0.4, -0.2) is 25.0 Å². The monoisotopic (exact) mass is 423 g/mol.